The zero-order chi connectivity index (χ0) is 13.7. The van der Waals surface area contributed by atoms with Gasteiger partial charge in [0.05, 0.1) is 12.2 Å². The van der Waals surface area contributed by atoms with Crippen LogP contribution in [0.2, 0.25) is 0 Å². The summed E-state index contributed by atoms with van der Waals surface area (Å²) in [6.45, 7) is 2.09. The number of hydrogen-bond donors (Lipinski definition) is 0. The van der Waals surface area contributed by atoms with E-state index in [4.69, 9.17) is 4.74 Å². The molecule has 19 heavy (non-hydrogen) atoms. The van der Waals surface area contributed by atoms with Gasteiger partial charge < -0.3 is 4.74 Å². The average Bonchev–Trinajstić information content (AvgIpc) is 2.46. The molecule has 0 spiro atoms. The van der Waals surface area contributed by atoms with Gasteiger partial charge in [0.15, 0.2) is 0 Å². The third kappa shape index (κ3) is 3.91. The molecule has 0 radical (unpaired) electrons. The molecule has 1 nitrogen and oxygen atoms in total. The molecule has 3 heteroatoms. The highest BCUT2D eigenvalue weighted by atomic mass is 79.9. The third-order valence-electron chi connectivity index (χ3n) is 3.03. The van der Waals surface area contributed by atoms with Gasteiger partial charge in [-0.2, -0.15) is 0 Å². The zero-order valence-corrected chi connectivity index (χ0v) is 13.9. The maximum absolute atomic E-state index is 6.18. The summed E-state index contributed by atoms with van der Waals surface area (Å²) in [6, 6.07) is 18.5. The summed E-state index contributed by atoms with van der Waals surface area (Å²) >= 11 is 7.12. The van der Waals surface area contributed by atoms with Crippen LogP contribution >= 0.6 is 31.9 Å². The second-order valence-corrected chi connectivity index (χ2v) is 5.86. The van der Waals surface area contributed by atoms with Crippen molar-refractivity contribution in [2.45, 2.75) is 19.1 Å². The second-order valence-electron chi connectivity index (χ2n) is 4.35. The molecule has 0 amide bonds. The van der Waals surface area contributed by atoms with Crippen LogP contribution in [0.25, 0.3) is 0 Å². The number of hydrogen-bond acceptors (Lipinski definition) is 1. The van der Waals surface area contributed by atoms with Crippen LogP contribution in [0.1, 0.15) is 30.3 Å². The fraction of sp³-hybridized carbons (Fsp3) is 0.250. The fourth-order valence-corrected chi connectivity index (χ4v) is 3.02. The molecular formula is C16H16Br2O. The Morgan fingerprint density at radius 1 is 1.00 bits per heavy atom. The molecule has 0 heterocycles. The molecule has 2 rings (SSSR count). The van der Waals surface area contributed by atoms with Crippen molar-refractivity contribution in [3.63, 3.8) is 0 Å². The second kappa shape index (κ2) is 7.22. The molecule has 100 valence electrons. The summed E-state index contributed by atoms with van der Waals surface area (Å²) in [4.78, 5) is 0. The Kier molecular flexibility index (Phi) is 5.61. The predicted octanol–water partition coefficient (Wildman–Crippen LogP) is 5.66. The number of rotatable bonds is 5. The van der Waals surface area contributed by atoms with Crippen molar-refractivity contribution in [1.82, 2.24) is 0 Å². The highest BCUT2D eigenvalue weighted by Crippen LogP contribution is 2.31. The van der Waals surface area contributed by atoms with Gasteiger partial charge in [-0.1, -0.05) is 80.4 Å². The maximum atomic E-state index is 6.18. The Balaban J connectivity index is 2.14. The Morgan fingerprint density at radius 2 is 1.63 bits per heavy atom. The first-order valence-corrected chi connectivity index (χ1v) is 8.14. The van der Waals surface area contributed by atoms with E-state index in [1.807, 2.05) is 36.4 Å². The molecule has 0 aliphatic heterocycles. The quantitative estimate of drug-likeness (QED) is 0.605. The summed E-state index contributed by atoms with van der Waals surface area (Å²) in [5, 5.41) is 0.771. The molecule has 0 bridgehead atoms. The smallest absolute Gasteiger partial charge is 0.0940 e. The molecule has 2 aromatic rings. The van der Waals surface area contributed by atoms with Crippen molar-refractivity contribution in [1.29, 1.82) is 0 Å². The Hall–Kier alpha value is -0.640. The highest BCUT2D eigenvalue weighted by Gasteiger charge is 2.17. The van der Waals surface area contributed by atoms with Crippen LogP contribution < -0.4 is 0 Å². The number of halogens is 2. The number of benzene rings is 2. The first-order chi connectivity index (χ1) is 9.22. The van der Waals surface area contributed by atoms with Crippen molar-refractivity contribution >= 4 is 31.9 Å². The lowest BCUT2D eigenvalue weighted by Gasteiger charge is -2.22. The van der Waals surface area contributed by atoms with Crippen LogP contribution in [-0.4, -0.2) is 5.33 Å². The molecule has 0 saturated carbocycles. The maximum Gasteiger partial charge on any atom is 0.0940 e. The minimum Gasteiger partial charge on any atom is -0.365 e. The lowest BCUT2D eigenvalue weighted by Crippen LogP contribution is -2.10. The molecular weight excluding hydrogens is 368 g/mol. The molecule has 2 unspecified atom stereocenters. The lowest BCUT2D eigenvalue weighted by atomic mass is 10.1. The van der Waals surface area contributed by atoms with E-state index in [0.717, 1.165) is 9.80 Å². The van der Waals surface area contributed by atoms with Gasteiger partial charge in [-0.25, -0.2) is 0 Å². The third-order valence-corrected chi connectivity index (χ3v) is 4.34. The predicted molar refractivity (Wildman–Crippen MR) is 86.6 cm³/mol. The Morgan fingerprint density at radius 3 is 2.26 bits per heavy atom. The van der Waals surface area contributed by atoms with Crippen LogP contribution in [0.15, 0.2) is 59.1 Å². The monoisotopic (exact) mass is 382 g/mol. The van der Waals surface area contributed by atoms with E-state index in [9.17, 15) is 0 Å². The fourth-order valence-electron chi connectivity index (χ4n) is 1.98. The summed E-state index contributed by atoms with van der Waals surface area (Å²) in [6.07, 6.45) is 0.0987. The molecule has 0 N–H and O–H groups in total. The first kappa shape index (κ1) is 14.8. The number of ether oxygens (including phenoxy) is 1. The number of alkyl halides is 1. The zero-order valence-electron chi connectivity index (χ0n) is 10.7. The van der Waals surface area contributed by atoms with E-state index in [1.54, 1.807) is 0 Å². The van der Waals surface area contributed by atoms with Crippen molar-refractivity contribution in [2.24, 2.45) is 0 Å². The van der Waals surface area contributed by atoms with Gasteiger partial charge in [-0.15, -0.1) is 0 Å². The van der Waals surface area contributed by atoms with E-state index >= 15 is 0 Å². The summed E-state index contributed by atoms with van der Waals surface area (Å²) in [5.74, 6) is 0. The normalized spacial score (nSPS) is 14.1. The van der Waals surface area contributed by atoms with Gasteiger partial charge in [0.25, 0.3) is 0 Å². The first-order valence-electron chi connectivity index (χ1n) is 6.23. The van der Waals surface area contributed by atoms with Crippen LogP contribution in [0.3, 0.4) is 0 Å². The topological polar surface area (TPSA) is 9.23 Å². The SMILES string of the molecule is CC(OC(CBr)c1ccccc1Br)c1ccccc1. The van der Waals surface area contributed by atoms with Gasteiger partial charge in [0.1, 0.15) is 0 Å². The van der Waals surface area contributed by atoms with Crippen molar-refractivity contribution in [3.05, 3.63) is 70.2 Å². The largest absolute Gasteiger partial charge is 0.365 e. The molecule has 0 aromatic heterocycles. The van der Waals surface area contributed by atoms with E-state index in [1.165, 1.54) is 11.1 Å². The highest BCUT2D eigenvalue weighted by molar-refractivity contribution is 9.10. The van der Waals surface area contributed by atoms with Crippen molar-refractivity contribution in [3.8, 4) is 0 Å². The van der Waals surface area contributed by atoms with Gasteiger partial charge >= 0.3 is 0 Å². The van der Waals surface area contributed by atoms with Crippen LogP contribution in [-0.2, 0) is 4.74 Å². The molecule has 0 aliphatic carbocycles. The van der Waals surface area contributed by atoms with Gasteiger partial charge in [0, 0.05) is 9.80 Å². The Labute approximate surface area is 131 Å². The summed E-state index contributed by atoms with van der Waals surface area (Å²) in [5.41, 5.74) is 2.36. The van der Waals surface area contributed by atoms with E-state index in [-0.39, 0.29) is 12.2 Å². The van der Waals surface area contributed by atoms with E-state index < -0.39 is 0 Å². The molecule has 0 fully saturated rings. The van der Waals surface area contributed by atoms with Gasteiger partial charge in [0.2, 0.25) is 0 Å². The Bertz CT molecular complexity index is 513. The van der Waals surface area contributed by atoms with Crippen LogP contribution in [0, 0.1) is 0 Å². The van der Waals surface area contributed by atoms with Gasteiger partial charge in [-0.3, -0.25) is 0 Å². The van der Waals surface area contributed by atoms with Crippen molar-refractivity contribution in [2.75, 3.05) is 5.33 Å². The standard InChI is InChI=1S/C16H16Br2O/c1-12(13-7-3-2-4-8-13)19-16(11-17)14-9-5-6-10-15(14)18/h2-10,12,16H,11H2,1H3. The average molecular weight is 384 g/mol. The van der Waals surface area contributed by atoms with Crippen molar-refractivity contribution < 1.29 is 4.74 Å². The van der Waals surface area contributed by atoms with Crippen LogP contribution in [0.4, 0.5) is 0 Å². The molecule has 0 saturated heterocycles. The lowest BCUT2D eigenvalue weighted by molar-refractivity contribution is 0.00895. The van der Waals surface area contributed by atoms with Crippen LogP contribution in [0.5, 0.6) is 0 Å². The molecule has 0 aliphatic rings. The minimum atomic E-state index is 0.0331. The van der Waals surface area contributed by atoms with Gasteiger partial charge in [-0.05, 0) is 24.1 Å². The van der Waals surface area contributed by atoms with E-state index in [2.05, 4.69) is 57.0 Å². The minimum absolute atomic E-state index is 0.0331. The van der Waals surface area contributed by atoms with E-state index in [0.29, 0.717) is 0 Å². The molecule has 2 aromatic carbocycles. The summed E-state index contributed by atoms with van der Waals surface area (Å²) < 4.78 is 7.26. The molecule has 2 atom stereocenters. The summed E-state index contributed by atoms with van der Waals surface area (Å²) in [7, 11) is 0.